The number of aryl methyl sites for hydroxylation is 1. The van der Waals surface area contributed by atoms with Gasteiger partial charge in [-0.3, -0.25) is 4.79 Å². The van der Waals surface area contributed by atoms with Gasteiger partial charge >= 0.3 is 5.97 Å². The number of carboxylic acid groups (broad SMARTS) is 1. The van der Waals surface area contributed by atoms with Crippen molar-refractivity contribution in [2.75, 3.05) is 7.11 Å². The molecule has 0 radical (unpaired) electrons. The summed E-state index contributed by atoms with van der Waals surface area (Å²) in [7, 11) is 1.69. The largest absolute Gasteiger partial charge is 0.496 e. The zero-order valence-corrected chi connectivity index (χ0v) is 15.6. The second-order valence-corrected chi connectivity index (χ2v) is 8.62. The smallest absolute Gasteiger partial charge is 0.314 e. The zero-order chi connectivity index (χ0) is 17.7. The lowest BCUT2D eigenvalue weighted by molar-refractivity contribution is -0.152. The normalized spacial score (nSPS) is 28.2. The third-order valence-electron chi connectivity index (χ3n) is 6.57. The number of carboxylic acids is 1. The number of hydrogen-bond acceptors (Lipinski definition) is 2. The third kappa shape index (κ3) is 2.35. The Bertz CT molecular complexity index is 659. The summed E-state index contributed by atoms with van der Waals surface area (Å²) in [6.45, 7) is 8.82. The van der Waals surface area contributed by atoms with Crippen molar-refractivity contribution < 1.29 is 14.6 Å². The van der Waals surface area contributed by atoms with Crippen LogP contribution in [0.3, 0.4) is 0 Å². The van der Waals surface area contributed by atoms with Crippen LogP contribution in [0, 0.1) is 11.3 Å². The minimum Gasteiger partial charge on any atom is -0.496 e. The number of methoxy groups -OCH3 is 1. The van der Waals surface area contributed by atoms with Crippen molar-refractivity contribution in [2.24, 2.45) is 11.3 Å². The Morgan fingerprint density at radius 1 is 1.29 bits per heavy atom. The van der Waals surface area contributed by atoms with E-state index in [-0.39, 0.29) is 11.3 Å². The first kappa shape index (κ1) is 17.3. The highest BCUT2D eigenvalue weighted by Crippen LogP contribution is 2.58. The number of hydrogen-bond donors (Lipinski definition) is 1. The van der Waals surface area contributed by atoms with E-state index in [0.717, 1.165) is 43.4 Å². The van der Waals surface area contributed by atoms with Crippen molar-refractivity contribution in [3.8, 4) is 5.75 Å². The molecule has 0 unspecified atom stereocenters. The first-order chi connectivity index (χ1) is 11.2. The van der Waals surface area contributed by atoms with Gasteiger partial charge in [-0.15, -0.1) is 0 Å². The van der Waals surface area contributed by atoms with Crippen LogP contribution in [0.1, 0.15) is 76.0 Å². The van der Waals surface area contributed by atoms with Gasteiger partial charge in [0, 0.05) is 0 Å². The quantitative estimate of drug-likeness (QED) is 0.856. The Kier molecular flexibility index (Phi) is 4.17. The van der Waals surface area contributed by atoms with Crippen LogP contribution in [-0.4, -0.2) is 18.2 Å². The van der Waals surface area contributed by atoms with Gasteiger partial charge in [0.25, 0.3) is 0 Å². The van der Waals surface area contributed by atoms with E-state index in [0.29, 0.717) is 5.92 Å². The molecule has 1 fully saturated rings. The van der Waals surface area contributed by atoms with Gasteiger partial charge in [0.05, 0.1) is 12.5 Å². The number of carbonyl (C=O) groups is 1. The molecule has 1 N–H and O–H groups in total. The minimum atomic E-state index is -0.752. The number of aliphatic carboxylic acids is 1. The van der Waals surface area contributed by atoms with Crippen LogP contribution >= 0.6 is 0 Å². The van der Waals surface area contributed by atoms with E-state index in [4.69, 9.17) is 4.74 Å². The maximum Gasteiger partial charge on any atom is 0.314 e. The van der Waals surface area contributed by atoms with Crippen LogP contribution in [0.2, 0.25) is 0 Å². The highest BCUT2D eigenvalue weighted by Gasteiger charge is 2.57. The fourth-order valence-corrected chi connectivity index (χ4v) is 5.36. The molecule has 0 saturated heterocycles. The van der Waals surface area contributed by atoms with Gasteiger partial charge in [0.2, 0.25) is 0 Å². The average molecular weight is 330 g/mol. The van der Waals surface area contributed by atoms with E-state index in [2.05, 4.69) is 33.8 Å². The van der Waals surface area contributed by atoms with Gasteiger partial charge < -0.3 is 9.84 Å². The molecule has 2 aliphatic carbocycles. The van der Waals surface area contributed by atoms with E-state index in [1.807, 2.05) is 6.07 Å². The maximum atomic E-state index is 12.5. The summed E-state index contributed by atoms with van der Waals surface area (Å²) in [6, 6.07) is 4.26. The summed E-state index contributed by atoms with van der Waals surface area (Å²) in [5, 5.41) is 10.3. The summed E-state index contributed by atoms with van der Waals surface area (Å²) in [5.74, 6) is 0.749. The van der Waals surface area contributed by atoms with E-state index < -0.39 is 11.4 Å². The van der Waals surface area contributed by atoms with Crippen molar-refractivity contribution in [1.82, 2.24) is 0 Å². The highest BCUT2D eigenvalue weighted by molar-refractivity contribution is 5.84. The summed E-state index contributed by atoms with van der Waals surface area (Å²) in [6.07, 6.45) is 4.78. The topological polar surface area (TPSA) is 46.5 Å². The molecule has 132 valence electrons. The summed E-state index contributed by atoms with van der Waals surface area (Å²) in [4.78, 5) is 12.5. The summed E-state index contributed by atoms with van der Waals surface area (Å²) >= 11 is 0. The second kappa shape index (κ2) is 5.79. The Balaban J connectivity index is 2.24. The number of ether oxygens (including phenoxy) is 1. The molecule has 0 aliphatic heterocycles. The van der Waals surface area contributed by atoms with Crippen LogP contribution in [0.15, 0.2) is 12.1 Å². The molecule has 2 aliphatic rings. The molecule has 0 spiro atoms. The highest BCUT2D eigenvalue weighted by atomic mass is 16.5. The van der Waals surface area contributed by atoms with Crippen LogP contribution in [0.5, 0.6) is 5.75 Å². The first-order valence-electron chi connectivity index (χ1n) is 9.18. The molecule has 0 amide bonds. The van der Waals surface area contributed by atoms with E-state index in [1.165, 1.54) is 11.1 Å². The molecular weight excluding hydrogens is 300 g/mol. The lowest BCUT2D eigenvalue weighted by atomic mass is 9.49. The van der Waals surface area contributed by atoms with Gasteiger partial charge in [0.1, 0.15) is 5.75 Å². The van der Waals surface area contributed by atoms with Gasteiger partial charge in [-0.1, -0.05) is 40.2 Å². The molecule has 3 rings (SSSR count). The maximum absolute atomic E-state index is 12.5. The Morgan fingerprint density at radius 2 is 2.00 bits per heavy atom. The average Bonchev–Trinajstić information content (AvgIpc) is 2.52. The molecular formula is C21H30O3. The zero-order valence-electron chi connectivity index (χ0n) is 15.6. The predicted molar refractivity (Wildman–Crippen MR) is 95.8 cm³/mol. The van der Waals surface area contributed by atoms with E-state index in [1.54, 1.807) is 7.11 Å². The molecule has 1 saturated carbocycles. The predicted octanol–water partition coefficient (Wildman–Crippen LogP) is 4.91. The number of rotatable bonds is 3. The van der Waals surface area contributed by atoms with Crippen molar-refractivity contribution in [1.29, 1.82) is 0 Å². The molecule has 3 nitrogen and oxygen atoms in total. The van der Waals surface area contributed by atoms with Crippen molar-refractivity contribution in [3.63, 3.8) is 0 Å². The lowest BCUT2D eigenvalue weighted by Gasteiger charge is -2.53. The van der Waals surface area contributed by atoms with E-state index in [9.17, 15) is 9.90 Å². The van der Waals surface area contributed by atoms with Crippen molar-refractivity contribution in [2.45, 2.75) is 71.1 Å². The summed E-state index contributed by atoms with van der Waals surface area (Å²) in [5.41, 5.74) is 2.73. The van der Waals surface area contributed by atoms with Crippen LogP contribution in [0.25, 0.3) is 0 Å². The van der Waals surface area contributed by atoms with Crippen molar-refractivity contribution in [3.05, 3.63) is 28.8 Å². The first-order valence-corrected chi connectivity index (χ1v) is 9.18. The lowest BCUT2D eigenvalue weighted by Crippen LogP contribution is -2.54. The molecule has 0 heterocycles. The van der Waals surface area contributed by atoms with E-state index >= 15 is 0 Å². The van der Waals surface area contributed by atoms with Crippen LogP contribution in [0.4, 0.5) is 0 Å². The molecule has 24 heavy (non-hydrogen) atoms. The molecule has 3 heteroatoms. The fraction of sp³-hybridized carbons (Fsp3) is 0.667. The van der Waals surface area contributed by atoms with Crippen LogP contribution in [-0.2, 0) is 16.6 Å². The number of fused-ring (bicyclic) bond motifs is 3. The minimum absolute atomic E-state index is 0.0677. The van der Waals surface area contributed by atoms with Crippen LogP contribution < -0.4 is 4.74 Å². The Hall–Kier alpha value is -1.51. The molecule has 2 atom stereocenters. The fourth-order valence-electron chi connectivity index (χ4n) is 5.36. The standard InChI is InChI=1S/C21H30O3/c1-13(2)15-11-14-7-8-18-20(3,4)9-6-10-21(18,19(22)23)16(14)12-17(15)24-5/h11-13,18H,6-10H2,1-5H3,(H,22,23)/t18-,21+/m1/s1. The van der Waals surface area contributed by atoms with Gasteiger partial charge in [-0.05, 0) is 65.7 Å². The monoisotopic (exact) mass is 330 g/mol. The molecule has 0 aromatic heterocycles. The SMILES string of the molecule is COc1cc2c(cc1C(C)C)CC[C@@H]1C(C)(C)CCC[C@]21C(=O)O. The van der Waals surface area contributed by atoms with Crippen molar-refractivity contribution >= 4 is 5.97 Å². The molecule has 1 aromatic rings. The molecule has 1 aromatic carbocycles. The third-order valence-corrected chi connectivity index (χ3v) is 6.57. The van der Waals surface area contributed by atoms with Gasteiger partial charge in [0.15, 0.2) is 0 Å². The Labute approximate surface area is 145 Å². The number of benzene rings is 1. The summed E-state index contributed by atoms with van der Waals surface area (Å²) < 4.78 is 5.64. The second-order valence-electron chi connectivity index (χ2n) is 8.62. The van der Waals surface area contributed by atoms with Gasteiger partial charge in [-0.25, -0.2) is 0 Å². The molecule has 0 bridgehead atoms. The van der Waals surface area contributed by atoms with Gasteiger partial charge in [-0.2, -0.15) is 0 Å². The Morgan fingerprint density at radius 3 is 2.58 bits per heavy atom.